The van der Waals surface area contributed by atoms with E-state index >= 15 is 0 Å². The molecule has 0 radical (unpaired) electrons. The molecule has 130 valence electrons. The van der Waals surface area contributed by atoms with E-state index in [4.69, 9.17) is 5.11 Å². The second-order valence-corrected chi connectivity index (χ2v) is 6.34. The predicted octanol–water partition coefficient (Wildman–Crippen LogP) is 1.45. The Bertz CT molecular complexity index is 869. The van der Waals surface area contributed by atoms with Gasteiger partial charge in [0, 0.05) is 31.9 Å². The number of fused-ring (bicyclic) bond motifs is 1. The van der Waals surface area contributed by atoms with Gasteiger partial charge in [0.25, 0.3) is 0 Å². The summed E-state index contributed by atoms with van der Waals surface area (Å²) in [6, 6.07) is 8.64. The van der Waals surface area contributed by atoms with E-state index in [2.05, 4.69) is 56.1 Å². The van der Waals surface area contributed by atoms with Crippen LogP contribution < -0.4 is 9.80 Å². The second-order valence-electron chi connectivity index (χ2n) is 6.34. The minimum Gasteiger partial charge on any atom is -0.394 e. The highest BCUT2D eigenvalue weighted by atomic mass is 16.3. The third-order valence-electron chi connectivity index (χ3n) is 4.67. The molecule has 7 heteroatoms. The lowest BCUT2D eigenvalue weighted by molar-refractivity contribution is 0.271. The van der Waals surface area contributed by atoms with E-state index < -0.39 is 0 Å². The van der Waals surface area contributed by atoms with Crippen LogP contribution in [0.15, 0.2) is 36.8 Å². The van der Waals surface area contributed by atoms with Crippen LogP contribution in [-0.2, 0) is 6.54 Å². The van der Waals surface area contributed by atoms with Crippen LogP contribution >= 0.6 is 0 Å². The van der Waals surface area contributed by atoms with Gasteiger partial charge < -0.3 is 14.9 Å². The summed E-state index contributed by atoms with van der Waals surface area (Å²) in [5.74, 6) is 0.929. The minimum atomic E-state index is 0.0469. The van der Waals surface area contributed by atoms with Crippen molar-refractivity contribution >= 4 is 22.5 Å². The summed E-state index contributed by atoms with van der Waals surface area (Å²) in [7, 11) is 0. The molecule has 0 spiro atoms. The van der Waals surface area contributed by atoms with E-state index in [1.165, 1.54) is 11.3 Å². The molecule has 0 unspecified atom stereocenters. The molecule has 4 rings (SSSR count). The van der Waals surface area contributed by atoms with Crippen LogP contribution in [0.5, 0.6) is 0 Å². The summed E-state index contributed by atoms with van der Waals surface area (Å²) < 4.78 is 1.73. The van der Waals surface area contributed by atoms with Gasteiger partial charge in [-0.1, -0.05) is 12.1 Å². The van der Waals surface area contributed by atoms with E-state index in [1.54, 1.807) is 17.2 Å². The van der Waals surface area contributed by atoms with Gasteiger partial charge in [0.1, 0.15) is 12.1 Å². The summed E-state index contributed by atoms with van der Waals surface area (Å²) in [5.41, 5.74) is 3.34. The maximum Gasteiger partial charge on any atom is 0.163 e. The van der Waals surface area contributed by atoms with Gasteiger partial charge in [0.15, 0.2) is 5.65 Å². The topological polar surface area (TPSA) is 70.3 Å². The molecule has 0 amide bonds. The number of anilines is 2. The Morgan fingerprint density at radius 3 is 2.64 bits per heavy atom. The van der Waals surface area contributed by atoms with E-state index in [-0.39, 0.29) is 6.61 Å². The molecular weight excluding hydrogens is 316 g/mol. The molecule has 25 heavy (non-hydrogen) atoms. The Morgan fingerprint density at radius 2 is 1.88 bits per heavy atom. The molecule has 1 saturated heterocycles. The van der Waals surface area contributed by atoms with Crippen LogP contribution in [0.25, 0.3) is 11.0 Å². The molecule has 0 aliphatic carbocycles. The first-order valence-corrected chi connectivity index (χ1v) is 8.60. The number of aryl methyl sites for hydroxylation is 1. The van der Waals surface area contributed by atoms with Crippen LogP contribution in [0.3, 0.4) is 0 Å². The minimum absolute atomic E-state index is 0.0469. The maximum atomic E-state index is 9.15. The van der Waals surface area contributed by atoms with Crippen molar-refractivity contribution in [2.24, 2.45) is 0 Å². The molecule has 0 atom stereocenters. The molecule has 1 aromatic carbocycles. The zero-order chi connectivity index (χ0) is 17.2. The number of rotatable bonds is 4. The van der Waals surface area contributed by atoms with Gasteiger partial charge >= 0.3 is 0 Å². The molecule has 3 aromatic rings. The van der Waals surface area contributed by atoms with Crippen molar-refractivity contribution in [1.29, 1.82) is 0 Å². The number of benzene rings is 1. The maximum absolute atomic E-state index is 9.15. The Labute approximate surface area is 146 Å². The van der Waals surface area contributed by atoms with Gasteiger partial charge in [-0.3, -0.25) is 0 Å². The average molecular weight is 338 g/mol. The predicted molar refractivity (Wildman–Crippen MR) is 98.0 cm³/mol. The number of aromatic nitrogens is 4. The highest BCUT2D eigenvalue weighted by molar-refractivity contribution is 5.86. The molecule has 3 heterocycles. The fourth-order valence-corrected chi connectivity index (χ4v) is 3.39. The third kappa shape index (κ3) is 3.02. The summed E-state index contributed by atoms with van der Waals surface area (Å²) in [5, 5.41) is 14.4. The van der Waals surface area contributed by atoms with Crippen LogP contribution in [0.2, 0.25) is 0 Å². The molecule has 0 bridgehead atoms. The number of nitrogens with zero attached hydrogens (tertiary/aromatic N) is 6. The Morgan fingerprint density at radius 1 is 1.08 bits per heavy atom. The highest BCUT2D eigenvalue weighted by Crippen LogP contribution is 2.25. The monoisotopic (exact) mass is 338 g/mol. The SMILES string of the molecule is Cc1cccc(N2CCN(c3ncnc4c3cnn4CCO)CC2)c1. The van der Waals surface area contributed by atoms with Gasteiger partial charge in [-0.25, -0.2) is 14.6 Å². The quantitative estimate of drug-likeness (QED) is 0.776. The van der Waals surface area contributed by atoms with E-state index in [9.17, 15) is 0 Å². The van der Waals surface area contributed by atoms with E-state index in [1.807, 2.05) is 0 Å². The number of hydrogen-bond donors (Lipinski definition) is 1. The first-order chi connectivity index (χ1) is 12.3. The summed E-state index contributed by atoms with van der Waals surface area (Å²) >= 11 is 0. The smallest absolute Gasteiger partial charge is 0.163 e. The largest absolute Gasteiger partial charge is 0.394 e. The number of aliphatic hydroxyl groups excluding tert-OH is 1. The molecule has 0 saturated carbocycles. The van der Waals surface area contributed by atoms with Crippen LogP contribution in [0.1, 0.15) is 5.56 Å². The second kappa shape index (κ2) is 6.68. The molecular formula is C18H22N6O. The van der Waals surface area contributed by atoms with Crippen LogP contribution in [0.4, 0.5) is 11.5 Å². The van der Waals surface area contributed by atoms with E-state index in [0.29, 0.717) is 6.54 Å². The van der Waals surface area contributed by atoms with Gasteiger partial charge in [-0.2, -0.15) is 5.10 Å². The highest BCUT2D eigenvalue weighted by Gasteiger charge is 2.21. The number of hydrogen-bond acceptors (Lipinski definition) is 6. The molecule has 2 aromatic heterocycles. The first-order valence-electron chi connectivity index (χ1n) is 8.60. The van der Waals surface area contributed by atoms with Gasteiger partial charge in [-0.15, -0.1) is 0 Å². The lowest BCUT2D eigenvalue weighted by Crippen LogP contribution is -2.46. The van der Waals surface area contributed by atoms with Crippen molar-refractivity contribution in [2.45, 2.75) is 13.5 Å². The van der Waals surface area contributed by atoms with Crippen molar-refractivity contribution in [3.05, 3.63) is 42.4 Å². The first kappa shape index (κ1) is 15.8. The van der Waals surface area contributed by atoms with E-state index in [0.717, 1.165) is 43.0 Å². The average Bonchev–Trinajstić information content (AvgIpc) is 3.05. The summed E-state index contributed by atoms with van der Waals surface area (Å²) in [6.07, 6.45) is 3.38. The Balaban J connectivity index is 1.54. The summed E-state index contributed by atoms with van der Waals surface area (Å²) in [6.45, 7) is 6.35. The van der Waals surface area contributed by atoms with Gasteiger partial charge in [0.2, 0.25) is 0 Å². The van der Waals surface area contributed by atoms with Crippen molar-refractivity contribution in [2.75, 3.05) is 42.6 Å². The van der Waals surface area contributed by atoms with Crippen LogP contribution in [0, 0.1) is 6.92 Å². The molecule has 1 N–H and O–H groups in total. The summed E-state index contributed by atoms with van der Waals surface area (Å²) in [4.78, 5) is 13.5. The molecule has 1 aliphatic rings. The molecule has 1 aliphatic heterocycles. The Kier molecular flexibility index (Phi) is 4.23. The standard InChI is InChI=1S/C18H22N6O/c1-14-3-2-4-15(11-14)22-5-7-23(8-6-22)17-16-12-21-24(9-10-25)18(16)20-13-19-17/h2-4,11-13,25H,5-10H2,1H3. The van der Waals surface area contributed by atoms with Crippen molar-refractivity contribution in [3.8, 4) is 0 Å². The Hall–Kier alpha value is -2.67. The fourth-order valence-electron chi connectivity index (χ4n) is 3.39. The lowest BCUT2D eigenvalue weighted by atomic mass is 10.2. The number of aliphatic hydroxyl groups is 1. The van der Waals surface area contributed by atoms with Crippen molar-refractivity contribution in [3.63, 3.8) is 0 Å². The molecule has 1 fully saturated rings. The van der Waals surface area contributed by atoms with Crippen molar-refractivity contribution < 1.29 is 5.11 Å². The van der Waals surface area contributed by atoms with Crippen LogP contribution in [-0.4, -0.2) is 57.6 Å². The third-order valence-corrected chi connectivity index (χ3v) is 4.67. The zero-order valence-electron chi connectivity index (χ0n) is 14.3. The zero-order valence-corrected chi connectivity index (χ0v) is 14.3. The fraction of sp³-hybridized carbons (Fsp3) is 0.389. The lowest BCUT2D eigenvalue weighted by Gasteiger charge is -2.37. The van der Waals surface area contributed by atoms with Crippen molar-refractivity contribution in [1.82, 2.24) is 19.7 Å². The van der Waals surface area contributed by atoms with Gasteiger partial charge in [0.05, 0.1) is 24.7 Å². The molecule has 7 nitrogen and oxygen atoms in total. The van der Waals surface area contributed by atoms with Gasteiger partial charge in [-0.05, 0) is 24.6 Å². The number of piperazine rings is 1. The normalized spacial score (nSPS) is 15.1.